The maximum absolute atomic E-state index is 12.9. The molecule has 1 atom stereocenters. The summed E-state index contributed by atoms with van der Waals surface area (Å²) in [5.74, 6) is -0.413. The Balaban J connectivity index is 2.12. The van der Waals surface area contributed by atoms with Crippen molar-refractivity contribution in [1.29, 1.82) is 0 Å². The summed E-state index contributed by atoms with van der Waals surface area (Å²) in [6, 6.07) is 11.3. The average Bonchev–Trinajstić information content (AvgIpc) is 2.49. The summed E-state index contributed by atoms with van der Waals surface area (Å²) in [6.07, 6.45) is -5.57. The van der Waals surface area contributed by atoms with Crippen molar-refractivity contribution in [2.45, 2.75) is 19.2 Å². The molecule has 2 aromatic rings. The molecule has 1 unspecified atom stereocenters. The molecule has 3 N–H and O–H groups in total. The van der Waals surface area contributed by atoms with E-state index in [2.05, 4.69) is 5.32 Å². The van der Waals surface area contributed by atoms with E-state index in [9.17, 15) is 18.0 Å². The van der Waals surface area contributed by atoms with Crippen LogP contribution in [0.25, 0.3) is 0 Å². The van der Waals surface area contributed by atoms with Gasteiger partial charge in [-0.1, -0.05) is 24.3 Å². The third-order valence-electron chi connectivity index (χ3n) is 3.08. The molecular weight excluding hydrogens is 309 g/mol. The van der Waals surface area contributed by atoms with Gasteiger partial charge in [0.15, 0.2) is 6.10 Å². The first-order valence-electron chi connectivity index (χ1n) is 6.77. The van der Waals surface area contributed by atoms with E-state index in [0.717, 1.165) is 6.07 Å². The van der Waals surface area contributed by atoms with Crippen molar-refractivity contribution in [3.63, 3.8) is 0 Å². The number of nitrogens with two attached hydrogens (primary N) is 1. The van der Waals surface area contributed by atoms with Gasteiger partial charge in [-0.2, -0.15) is 13.2 Å². The quantitative estimate of drug-likeness (QED) is 0.843. The lowest BCUT2D eigenvalue weighted by molar-refractivity contribution is -0.137. The summed E-state index contributed by atoms with van der Waals surface area (Å²) >= 11 is 0. The van der Waals surface area contributed by atoms with E-state index in [1.165, 1.54) is 25.1 Å². The highest BCUT2D eigenvalue weighted by atomic mass is 19.4. The standard InChI is InChI=1S/C16H15F3N2O2/c1-10(23-14-9-5-3-7-12(14)20)15(22)21-13-8-4-2-6-11(13)16(17,18)19/h2-10H,20H2,1H3,(H,21,22). The molecule has 2 rings (SSSR count). The molecular formula is C16H15F3N2O2. The number of benzene rings is 2. The molecule has 7 heteroatoms. The molecule has 0 heterocycles. The van der Waals surface area contributed by atoms with Gasteiger partial charge in [-0.15, -0.1) is 0 Å². The zero-order valence-electron chi connectivity index (χ0n) is 12.2. The van der Waals surface area contributed by atoms with Crippen LogP contribution in [0, 0.1) is 0 Å². The van der Waals surface area contributed by atoms with Crippen molar-refractivity contribution in [2.24, 2.45) is 0 Å². The molecule has 0 aliphatic rings. The fourth-order valence-electron chi connectivity index (χ4n) is 1.91. The largest absolute Gasteiger partial charge is 0.479 e. The van der Waals surface area contributed by atoms with Gasteiger partial charge in [-0.05, 0) is 31.2 Å². The molecule has 0 saturated carbocycles. The molecule has 122 valence electrons. The minimum atomic E-state index is -4.56. The van der Waals surface area contributed by atoms with Crippen LogP contribution in [-0.4, -0.2) is 12.0 Å². The summed E-state index contributed by atoms with van der Waals surface area (Å²) in [6.45, 7) is 1.43. The van der Waals surface area contributed by atoms with Crippen LogP contribution in [0.2, 0.25) is 0 Å². The lowest BCUT2D eigenvalue weighted by Crippen LogP contribution is -2.31. The van der Waals surface area contributed by atoms with Crippen molar-refractivity contribution in [2.75, 3.05) is 11.1 Å². The first-order chi connectivity index (χ1) is 10.8. The maximum atomic E-state index is 12.9. The van der Waals surface area contributed by atoms with Crippen molar-refractivity contribution in [3.05, 3.63) is 54.1 Å². The molecule has 0 aromatic heterocycles. The number of alkyl halides is 3. The number of halogens is 3. The fourth-order valence-corrected chi connectivity index (χ4v) is 1.91. The van der Waals surface area contributed by atoms with Crippen LogP contribution in [0.4, 0.5) is 24.5 Å². The minimum absolute atomic E-state index is 0.291. The van der Waals surface area contributed by atoms with Crippen LogP contribution in [0.5, 0.6) is 5.75 Å². The first-order valence-corrected chi connectivity index (χ1v) is 6.77. The molecule has 0 bridgehead atoms. The van der Waals surface area contributed by atoms with Crippen LogP contribution < -0.4 is 15.8 Å². The highest BCUT2D eigenvalue weighted by molar-refractivity contribution is 5.95. The molecule has 23 heavy (non-hydrogen) atoms. The number of anilines is 2. The minimum Gasteiger partial charge on any atom is -0.479 e. The Morgan fingerprint density at radius 1 is 1.13 bits per heavy atom. The third-order valence-corrected chi connectivity index (χ3v) is 3.08. The Morgan fingerprint density at radius 2 is 1.74 bits per heavy atom. The molecule has 0 fully saturated rings. The number of carbonyl (C=O) groups excluding carboxylic acids is 1. The van der Waals surface area contributed by atoms with E-state index in [1.807, 2.05) is 0 Å². The number of nitrogen functional groups attached to an aromatic ring is 1. The number of amides is 1. The summed E-state index contributed by atoms with van der Waals surface area (Å²) in [7, 11) is 0. The van der Waals surface area contributed by atoms with Crippen molar-refractivity contribution in [1.82, 2.24) is 0 Å². The van der Waals surface area contributed by atoms with E-state index in [1.54, 1.807) is 24.3 Å². The van der Waals surface area contributed by atoms with Crippen molar-refractivity contribution in [3.8, 4) is 5.75 Å². The zero-order chi connectivity index (χ0) is 17.0. The summed E-state index contributed by atoms with van der Waals surface area (Å²) < 4.78 is 44.1. The van der Waals surface area contributed by atoms with Gasteiger partial charge < -0.3 is 15.8 Å². The van der Waals surface area contributed by atoms with E-state index in [4.69, 9.17) is 10.5 Å². The number of rotatable bonds is 4. The number of hydrogen-bond donors (Lipinski definition) is 2. The van der Waals surface area contributed by atoms with Gasteiger partial charge >= 0.3 is 6.18 Å². The summed E-state index contributed by atoms with van der Waals surface area (Å²) in [4.78, 5) is 12.1. The van der Waals surface area contributed by atoms with E-state index >= 15 is 0 Å². The number of carbonyl (C=O) groups is 1. The molecule has 0 saturated heterocycles. The van der Waals surface area contributed by atoms with Gasteiger partial charge in [-0.3, -0.25) is 4.79 Å². The van der Waals surface area contributed by atoms with Crippen LogP contribution in [-0.2, 0) is 11.0 Å². The third kappa shape index (κ3) is 4.15. The van der Waals surface area contributed by atoms with Gasteiger partial charge in [0.25, 0.3) is 5.91 Å². The Morgan fingerprint density at radius 3 is 2.39 bits per heavy atom. The van der Waals surface area contributed by atoms with Crippen LogP contribution in [0.1, 0.15) is 12.5 Å². The van der Waals surface area contributed by atoms with Crippen LogP contribution >= 0.6 is 0 Å². The van der Waals surface area contributed by atoms with Crippen LogP contribution in [0.3, 0.4) is 0 Å². The number of ether oxygens (including phenoxy) is 1. The fraction of sp³-hybridized carbons (Fsp3) is 0.188. The lowest BCUT2D eigenvalue weighted by atomic mass is 10.1. The second kappa shape index (κ2) is 6.60. The van der Waals surface area contributed by atoms with E-state index in [0.29, 0.717) is 11.4 Å². The Kier molecular flexibility index (Phi) is 4.78. The van der Waals surface area contributed by atoms with Crippen molar-refractivity contribution >= 4 is 17.3 Å². The number of para-hydroxylation sites is 3. The Bertz CT molecular complexity index is 702. The van der Waals surface area contributed by atoms with E-state index in [-0.39, 0.29) is 5.69 Å². The predicted octanol–water partition coefficient (Wildman–Crippen LogP) is 3.69. The van der Waals surface area contributed by atoms with Gasteiger partial charge in [0.2, 0.25) is 0 Å². The summed E-state index contributed by atoms with van der Waals surface area (Å²) in [5.41, 5.74) is 4.80. The molecule has 2 aromatic carbocycles. The predicted molar refractivity (Wildman–Crippen MR) is 81.0 cm³/mol. The van der Waals surface area contributed by atoms with Gasteiger partial charge in [0.1, 0.15) is 5.75 Å². The topological polar surface area (TPSA) is 64.3 Å². The molecule has 0 aliphatic heterocycles. The molecule has 0 aliphatic carbocycles. The van der Waals surface area contributed by atoms with Gasteiger partial charge in [0, 0.05) is 0 Å². The van der Waals surface area contributed by atoms with Gasteiger partial charge in [0.05, 0.1) is 16.9 Å². The maximum Gasteiger partial charge on any atom is 0.418 e. The number of nitrogens with one attached hydrogen (secondary N) is 1. The lowest BCUT2D eigenvalue weighted by Gasteiger charge is -2.18. The summed E-state index contributed by atoms with van der Waals surface area (Å²) in [5, 5.41) is 2.23. The second-order valence-corrected chi connectivity index (χ2v) is 4.83. The van der Waals surface area contributed by atoms with E-state index < -0.39 is 23.8 Å². The second-order valence-electron chi connectivity index (χ2n) is 4.83. The average molecular weight is 324 g/mol. The normalized spacial score (nSPS) is 12.5. The highest BCUT2D eigenvalue weighted by Gasteiger charge is 2.34. The number of hydrogen-bond acceptors (Lipinski definition) is 3. The van der Waals surface area contributed by atoms with Gasteiger partial charge in [-0.25, -0.2) is 0 Å². The smallest absolute Gasteiger partial charge is 0.418 e. The molecule has 0 spiro atoms. The van der Waals surface area contributed by atoms with Crippen LogP contribution in [0.15, 0.2) is 48.5 Å². The van der Waals surface area contributed by atoms with Crippen molar-refractivity contribution < 1.29 is 22.7 Å². The molecule has 0 radical (unpaired) electrons. The molecule has 4 nitrogen and oxygen atoms in total. The highest BCUT2D eigenvalue weighted by Crippen LogP contribution is 2.34. The monoisotopic (exact) mass is 324 g/mol. The zero-order valence-corrected chi connectivity index (χ0v) is 12.2. The Labute approximate surface area is 131 Å². The molecule has 1 amide bonds. The Hall–Kier alpha value is -2.70. The SMILES string of the molecule is CC(Oc1ccccc1N)C(=O)Nc1ccccc1C(F)(F)F. The first kappa shape index (κ1) is 16.7.